The minimum atomic E-state index is -4.48. The molecule has 162 valence electrons. The molecule has 0 aliphatic carbocycles. The Morgan fingerprint density at radius 3 is 2.37 bits per heavy atom. The van der Waals surface area contributed by atoms with E-state index < -0.39 is 17.6 Å². The second-order valence-corrected chi connectivity index (χ2v) is 7.59. The van der Waals surface area contributed by atoms with E-state index in [-0.39, 0.29) is 11.8 Å². The van der Waals surface area contributed by atoms with Gasteiger partial charge in [-0.2, -0.15) is 13.2 Å². The van der Waals surface area contributed by atoms with E-state index >= 15 is 0 Å². The molecule has 1 amide bonds. The Morgan fingerprint density at radius 1 is 1.10 bits per heavy atom. The molecule has 0 aromatic heterocycles. The molecule has 1 heterocycles. The summed E-state index contributed by atoms with van der Waals surface area (Å²) in [5.41, 5.74) is 0.369. The van der Waals surface area contributed by atoms with E-state index in [0.717, 1.165) is 50.9 Å². The number of rotatable bonds is 6. The van der Waals surface area contributed by atoms with Crippen molar-refractivity contribution in [1.29, 1.82) is 0 Å². The van der Waals surface area contributed by atoms with Crippen LogP contribution in [0.15, 0.2) is 42.5 Å². The lowest BCUT2D eigenvalue weighted by molar-refractivity contribution is -0.137. The van der Waals surface area contributed by atoms with Gasteiger partial charge in [0, 0.05) is 18.7 Å². The molecule has 30 heavy (non-hydrogen) atoms. The fraction of sp³-hybridized carbons (Fsp3) is 0.435. The number of benzene rings is 2. The first-order valence-electron chi connectivity index (χ1n) is 10.3. The second kappa shape index (κ2) is 9.41. The van der Waals surface area contributed by atoms with Crippen molar-refractivity contribution in [2.45, 2.75) is 51.8 Å². The summed E-state index contributed by atoms with van der Waals surface area (Å²) in [5.74, 6) is 0.191. The summed E-state index contributed by atoms with van der Waals surface area (Å²) in [4.78, 5) is 14.8. The van der Waals surface area contributed by atoms with Gasteiger partial charge in [0.2, 0.25) is 0 Å². The number of nitrogens with zero attached hydrogens (tertiary/aromatic N) is 1. The molecule has 1 saturated heterocycles. The van der Waals surface area contributed by atoms with Crippen LogP contribution in [0.5, 0.6) is 5.75 Å². The predicted octanol–water partition coefficient (Wildman–Crippen LogP) is 6.13. The molecule has 1 N–H and O–H groups in total. The zero-order valence-electron chi connectivity index (χ0n) is 17.3. The van der Waals surface area contributed by atoms with Gasteiger partial charge >= 0.3 is 6.18 Å². The highest BCUT2D eigenvalue weighted by atomic mass is 19.4. The number of amides is 1. The van der Waals surface area contributed by atoms with E-state index in [0.29, 0.717) is 17.0 Å². The highest BCUT2D eigenvalue weighted by Gasteiger charge is 2.32. The summed E-state index contributed by atoms with van der Waals surface area (Å²) < 4.78 is 45.4. The zero-order valence-corrected chi connectivity index (χ0v) is 17.3. The Kier molecular flexibility index (Phi) is 6.90. The van der Waals surface area contributed by atoms with Crippen molar-refractivity contribution >= 4 is 17.3 Å². The first kappa shape index (κ1) is 22.0. The summed E-state index contributed by atoms with van der Waals surface area (Å²) in [7, 11) is 0. The SMILES string of the molecule is CC[C@H](C)Oc1ccc(C(=O)Nc2cc(C(F)(F)F)ccc2N2CCCCC2)cc1. The lowest BCUT2D eigenvalue weighted by Crippen LogP contribution is -2.30. The fourth-order valence-electron chi connectivity index (χ4n) is 3.42. The fourth-order valence-corrected chi connectivity index (χ4v) is 3.42. The molecule has 1 atom stereocenters. The molecule has 2 aromatic carbocycles. The van der Waals surface area contributed by atoms with Gasteiger partial charge in [-0.3, -0.25) is 4.79 Å². The third-order valence-electron chi connectivity index (χ3n) is 5.30. The first-order chi connectivity index (χ1) is 14.3. The Balaban J connectivity index is 1.83. The topological polar surface area (TPSA) is 41.6 Å². The maximum absolute atomic E-state index is 13.2. The van der Waals surface area contributed by atoms with Gasteiger partial charge < -0.3 is 15.0 Å². The molecule has 1 aliphatic heterocycles. The van der Waals surface area contributed by atoms with Gasteiger partial charge in [-0.15, -0.1) is 0 Å². The van der Waals surface area contributed by atoms with Crippen LogP contribution < -0.4 is 15.0 Å². The summed E-state index contributed by atoms with van der Waals surface area (Å²) in [6.07, 6.45) is -0.504. The Hall–Kier alpha value is -2.70. The Bertz CT molecular complexity index is 860. The number of halogens is 3. The van der Waals surface area contributed by atoms with Crippen LogP contribution in [0.3, 0.4) is 0 Å². The molecule has 0 saturated carbocycles. The van der Waals surface area contributed by atoms with Gasteiger partial charge in [0.1, 0.15) is 5.75 Å². The number of ether oxygens (including phenoxy) is 1. The van der Waals surface area contributed by atoms with Crippen LogP contribution in [0.25, 0.3) is 0 Å². The third-order valence-corrected chi connectivity index (χ3v) is 5.30. The molecule has 1 fully saturated rings. The van der Waals surface area contributed by atoms with Crippen molar-refractivity contribution in [2.75, 3.05) is 23.3 Å². The maximum atomic E-state index is 13.2. The van der Waals surface area contributed by atoms with Crippen LogP contribution in [0.1, 0.15) is 55.5 Å². The molecule has 7 heteroatoms. The quantitative estimate of drug-likeness (QED) is 0.612. The summed E-state index contributed by atoms with van der Waals surface area (Å²) in [6, 6.07) is 10.1. The van der Waals surface area contributed by atoms with E-state index in [2.05, 4.69) is 5.32 Å². The molecule has 4 nitrogen and oxygen atoms in total. The van der Waals surface area contributed by atoms with Crippen LogP contribution in [0, 0.1) is 0 Å². The van der Waals surface area contributed by atoms with Crippen LogP contribution in [-0.4, -0.2) is 25.1 Å². The molecule has 0 bridgehead atoms. The van der Waals surface area contributed by atoms with Gasteiger partial charge in [0.25, 0.3) is 5.91 Å². The zero-order chi connectivity index (χ0) is 21.7. The van der Waals surface area contributed by atoms with Gasteiger partial charge in [-0.05, 0) is 75.1 Å². The number of alkyl halides is 3. The lowest BCUT2D eigenvalue weighted by atomic mass is 10.1. The van der Waals surface area contributed by atoms with E-state index in [1.165, 1.54) is 6.07 Å². The molecule has 0 unspecified atom stereocenters. The van der Waals surface area contributed by atoms with Gasteiger partial charge in [0.15, 0.2) is 0 Å². The van der Waals surface area contributed by atoms with E-state index in [9.17, 15) is 18.0 Å². The highest BCUT2D eigenvalue weighted by Crippen LogP contribution is 2.36. The van der Waals surface area contributed by atoms with Crippen molar-refractivity contribution in [3.8, 4) is 5.75 Å². The predicted molar refractivity (Wildman–Crippen MR) is 112 cm³/mol. The van der Waals surface area contributed by atoms with Crippen molar-refractivity contribution in [3.63, 3.8) is 0 Å². The van der Waals surface area contributed by atoms with Crippen molar-refractivity contribution in [2.24, 2.45) is 0 Å². The molecule has 2 aromatic rings. The standard InChI is InChI=1S/C23H27F3N2O2/c1-3-16(2)30-19-10-7-17(8-11-19)22(29)27-20-15-18(23(24,25)26)9-12-21(20)28-13-5-4-6-14-28/h7-12,15-16H,3-6,13-14H2,1-2H3,(H,27,29)/t16-/m0/s1. The number of anilines is 2. The van der Waals surface area contributed by atoms with Gasteiger partial charge in [-0.25, -0.2) is 0 Å². The molecule has 0 radical (unpaired) electrons. The maximum Gasteiger partial charge on any atom is 0.416 e. The molecular weight excluding hydrogens is 393 g/mol. The van der Waals surface area contributed by atoms with E-state index in [4.69, 9.17) is 4.74 Å². The Morgan fingerprint density at radius 2 is 1.77 bits per heavy atom. The monoisotopic (exact) mass is 420 g/mol. The largest absolute Gasteiger partial charge is 0.491 e. The Labute approximate surface area is 175 Å². The second-order valence-electron chi connectivity index (χ2n) is 7.59. The molecule has 0 spiro atoms. The minimum absolute atomic E-state index is 0.0573. The van der Waals surface area contributed by atoms with E-state index in [1.807, 2.05) is 18.7 Å². The molecular formula is C23H27F3N2O2. The van der Waals surface area contributed by atoms with Crippen molar-refractivity contribution in [3.05, 3.63) is 53.6 Å². The summed E-state index contributed by atoms with van der Waals surface area (Å²) >= 11 is 0. The van der Waals surface area contributed by atoms with E-state index in [1.54, 1.807) is 24.3 Å². The number of hydrogen-bond donors (Lipinski definition) is 1. The molecule has 3 rings (SSSR count). The third kappa shape index (κ3) is 5.46. The van der Waals surface area contributed by atoms with Crippen molar-refractivity contribution < 1.29 is 22.7 Å². The normalized spacial score (nSPS) is 15.6. The average Bonchev–Trinajstić information content (AvgIpc) is 2.74. The van der Waals surface area contributed by atoms with Gasteiger partial charge in [0.05, 0.1) is 23.0 Å². The number of piperidine rings is 1. The van der Waals surface area contributed by atoms with Crippen LogP contribution >= 0.6 is 0 Å². The summed E-state index contributed by atoms with van der Waals surface area (Å²) in [5, 5.41) is 2.69. The number of hydrogen-bond acceptors (Lipinski definition) is 3. The van der Waals surface area contributed by atoms with Crippen LogP contribution in [-0.2, 0) is 6.18 Å². The first-order valence-corrected chi connectivity index (χ1v) is 10.3. The number of carbonyl (C=O) groups excluding carboxylic acids is 1. The molecule has 1 aliphatic rings. The number of nitrogens with one attached hydrogen (secondary N) is 1. The van der Waals surface area contributed by atoms with Gasteiger partial charge in [-0.1, -0.05) is 6.92 Å². The lowest BCUT2D eigenvalue weighted by Gasteiger charge is -2.31. The summed E-state index contributed by atoms with van der Waals surface area (Å²) in [6.45, 7) is 5.49. The van der Waals surface area contributed by atoms with Crippen LogP contribution in [0.4, 0.5) is 24.5 Å². The minimum Gasteiger partial charge on any atom is -0.491 e. The average molecular weight is 420 g/mol. The number of carbonyl (C=O) groups is 1. The van der Waals surface area contributed by atoms with Crippen LogP contribution in [0.2, 0.25) is 0 Å². The van der Waals surface area contributed by atoms with Crippen molar-refractivity contribution in [1.82, 2.24) is 0 Å². The highest BCUT2D eigenvalue weighted by molar-refractivity contribution is 6.06. The smallest absolute Gasteiger partial charge is 0.416 e.